The summed E-state index contributed by atoms with van der Waals surface area (Å²) in [5.74, 6) is -0.396. The SMILES string of the molecule is CCC(=O)Nc1ccc(C(=O)N/N=C(/C)c2ccc(Cl)cc2)cc1. The zero-order valence-electron chi connectivity index (χ0n) is 13.5. The molecule has 0 fully saturated rings. The Balaban J connectivity index is 2.00. The number of benzene rings is 2. The molecule has 0 saturated heterocycles. The first kappa shape index (κ1) is 17.7. The van der Waals surface area contributed by atoms with Gasteiger partial charge in [0.2, 0.25) is 5.91 Å². The number of carbonyl (C=O) groups is 2. The largest absolute Gasteiger partial charge is 0.326 e. The van der Waals surface area contributed by atoms with Crippen molar-refractivity contribution < 1.29 is 9.59 Å². The highest BCUT2D eigenvalue weighted by Gasteiger charge is 2.06. The highest BCUT2D eigenvalue weighted by atomic mass is 35.5. The molecule has 6 heteroatoms. The molecule has 2 aromatic carbocycles. The number of nitrogens with one attached hydrogen (secondary N) is 2. The van der Waals surface area contributed by atoms with Gasteiger partial charge in [-0.3, -0.25) is 9.59 Å². The second-order valence-electron chi connectivity index (χ2n) is 5.12. The Hall–Kier alpha value is -2.66. The lowest BCUT2D eigenvalue weighted by molar-refractivity contribution is -0.115. The minimum atomic E-state index is -0.323. The number of rotatable bonds is 5. The van der Waals surface area contributed by atoms with Gasteiger partial charge >= 0.3 is 0 Å². The first-order valence-corrected chi connectivity index (χ1v) is 7.88. The van der Waals surface area contributed by atoms with E-state index >= 15 is 0 Å². The van der Waals surface area contributed by atoms with Gasteiger partial charge in [-0.25, -0.2) is 5.43 Å². The van der Waals surface area contributed by atoms with Gasteiger partial charge < -0.3 is 5.32 Å². The average Bonchev–Trinajstić information content (AvgIpc) is 2.60. The lowest BCUT2D eigenvalue weighted by atomic mass is 10.1. The summed E-state index contributed by atoms with van der Waals surface area (Å²) in [6, 6.07) is 13.8. The second kappa shape index (κ2) is 8.26. The van der Waals surface area contributed by atoms with E-state index in [0.717, 1.165) is 5.56 Å². The van der Waals surface area contributed by atoms with Crippen molar-refractivity contribution in [2.24, 2.45) is 5.10 Å². The highest BCUT2D eigenvalue weighted by Crippen LogP contribution is 2.11. The Bertz CT molecular complexity index is 753. The first-order valence-electron chi connectivity index (χ1n) is 7.50. The smallest absolute Gasteiger partial charge is 0.271 e. The zero-order chi connectivity index (χ0) is 17.5. The molecule has 0 aromatic heterocycles. The molecule has 0 aliphatic carbocycles. The van der Waals surface area contributed by atoms with E-state index in [0.29, 0.717) is 28.4 Å². The maximum atomic E-state index is 12.1. The van der Waals surface area contributed by atoms with Crippen LogP contribution in [0, 0.1) is 0 Å². The van der Waals surface area contributed by atoms with Gasteiger partial charge in [0.1, 0.15) is 0 Å². The van der Waals surface area contributed by atoms with Crippen molar-refractivity contribution in [3.05, 3.63) is 64.7 Å². The van der Waals surface area contributed by atoms with Crippen molar-refractivity contribution in [2.75, 3.05) is 5.32 Å². The lowest BCUT2D eigenvalue weighted by Crippen LogP contribution is -2.19. The van der Waals surface area contributed by atoms with Gasteiger partial charge in [0, 0.05) is 22.7 Å². The topological polar surface area (TPSA) is 70.6 Å². The molecule has 2 aromatic rings. The Morgan fingerprint density at radius 2 is 1.58 bits per heavy atom. The molecule has 0 unspecified atom stereocenters. The minimum absolute atomic E-state index is 0.0737. The third kappa shape index (κ3) is 4.93. The summed E-state index contributed by atoms with van der Waals surface area (Å²) < 4.78 is 0. The van der Waals surface area contributed by atoms with Crippen LogP contribution in [0.5, 0.6) is 0 Å². The third-order valence-corrected chi connectivity index (χ3v) is 3.59. The summed E-state index contributed by atoms with van der Waals surface area (Å²) in [4.78, 5) is 23.4. The summed E-state index contributed by atoms with van der Waals surface area (Å²) in [7, 11) is 0. The summed E-state index contributed by atoms with van der Waals surface area (Å²) in [6.07, 6.45) is 0.404. The fourth-order valence-electron chi connectivity index (χ4n) is 1.91. The molecule has 0 bridgehead atoms. The predicted octanol–water partition coefficient (Wildman–Crippen LogP) is 3.84. The molecule has 0 atom stereocenters. The Kier molecular flexibility index (Phi) is 6.09. The van der Waals surface area contributed by atoms with Gasteiger partial charge in [0.15, 0.2) is 0 Å². The van der Waals surface area contributed by atoms with Crippen molar-refractivity contribution in [2.45, 2.75) is 20.3 Å². The molecule has 0 aliphatic rings. The number of nitrogens with zero attached hydrogens (tertiary/aromatic N) is 1. The highest BCUT2D eigenvalue weighted by molar-refractivity contribution is 6.30. The number of hydrazone groups is 1. The van der Waals surface area contributed by atoms with Gasteiger partial charge in [-0.2, -0.15) is 5.10 Å². The average molecular weight is 344 g/mol. The molecule has 0 spiro atoms. The van der Waals surface area contributed by atoms with Crippen LogP contribution in [0.3, 0.4) is 0 Å². The van der Waals surface area contributed by atoms with E-state index in [4.69, 9.17) is 11.6 Å². The maximum Gasteiger partial charge on any atom is 0.271 e. The van der Waals surface area contributed by atoms with E-state index in [1.165, 1.54) is 0 Å². The molecule has 2 amide bonds. The van der Waals surface area contributed by atoms with E-state index in [9.17, 15) is 9.59 Å². The van der Waals surface area contributed by atoms with E-state index in [-0.39, 0.29) is 11.8 Å². The molecular formula is C18H18ClN3O2. The van der Waals surface area contributed by atoms with E-state index in [1.807, 2.05) is 12.1 Å². The molecule has 124 valence electrons. The fourth-order valence-corrected chi connectivity index (χ4v) is 2.04. The van der Waals surface area contributed by atoms with E-state index < -0.39 is 0 Å². The Labute approximate surface area is 145 Å². The van der Waals surface area contributed by atoms with Crippen molar-refractivity contribution >= 4 is 34.8 Å². The molecular weight excluding hydrogens is 326 g/mol. The van der Waals surface area contributed by atoms with Crippen LogP contribution in [0.25, 0.3) is 0 Å². The number of hydrogen-bond donors (Lipinski definition) is 2. The Morgan fingerprint density at radius 1 is 1.00 bits per heavy atom. The lowest BCUT2D eigenvalue weighted by Gasteiger charge is -2.06. The molecule has 0 aliphatic heterocycles. The second-order valence-corrected chi connectivity index (χ2v) is 5.56. The summed E-state index contributed by atoms with van der Waals surface area (Å²) in [6.45, 7) is 3.57. The van der Waals surface area contributed by atoms with Crippen LogP contribution in [-0.4, -0.2) is 17.5 Å². The summed E-state index contributed by atoms with van der Waals surface area (Å²) in [5, 5.41) is 7.46. The van der Waals surface area contributed by atoms with Crippen LogP contribution < -0.4 is 10.7 Å². The molecule has 2 rings (SSSR count). The van der Waals surface area contributed by atoms with Crippen LogP contribution >= 0.6 is 11.6 Å². The molecule has 0 heterocycles. The van der Waals surface area contributed by atoms with Gasteiger partial charge in [-0.1, -0.05) is 30.7 Å². The van der Waals surface area contributed by atoms with Crippen LogP contribution in [0.4, 0.5) is 5.69 Å². The summed E-state index contributed by atoms with van der Waals surface area (Å²) >= 11 is 5.84. The number of anilines is 1. The van der Waals surface area contributed by atoms with Gasteiger partial charge in [0.25, 0.3) is 5.91 Å². The number of hydrogen-bond acceptors (Lipinski definition) is 3. The van der Waals surface area contributed by atoms with Gasteiger partial charge in [0.05, 0.1) is 5.71 Å². The van der Waals surface area contributed by atoms with Gasteiger partial charge in [-0.05, 0) is 48.9 Å². The van der Waals surface area contributed by atoms with Crippen LogP contribution in [0.2, 0.25) is 5.02 Å². The molecule has 0 radical (unpaired) electrons. The number of carbonyl (C=O) groups excluding carboxylic acids is 2. The number of halogens is 1. The first-order chi connectivity index (χ1) is 11.5. The monoisotopic (exact) mass is 343 g/mol. The fraction of sp³-hybridized carbons (Fsp3) is 0.167. The number of amides is 2. The van der Waals surface area contributed by atoms with Crippen molar-refractivity contribution in [3.63, 3.8) is 0 Å². The zero-order valence-corrected chi connectivity index (χ0v) is 14.2. The third-order valence-electron chi connectivity index (χ3n) is 3.34. The molecule has 24 heavy (non-hydrogen) atoms. The van der Waals surface area contributed by atoms with Crippen LogP contribution in [0.15, 0.2) is 53.6 Å². The molecule has 5 nitrogen and oxygen atoms in total. The van der Waals surface area contributed by atoms with Crippen LogP contribution in [-0.2, 0) is 4.79 Å². The van der Waals surface area contributed by atoms with Crippen molar-refractivity contribution in [3.8, 4) is 0 Å². The van der Waals surface area contributed by atoms with E-state index in [2.05, 4.69) is 15.8 Å². The quantitative estimate of drug-likeness (QED) is 0.639. The van der Waals surface area contributed by atoms with Gasteiger partial charge in [-0.15, -0.1) is 0 Å². The molecule has 0 saturated carbocycles. The Morgan fingerprint density at radius 3 is 2.17 bits per heavy atom. The van der Waals surface area contributed by atoms with Crippen molar-refractivity contribution in [1.82, 2.24) is 5.43 Å². The normalized spacial score (nSPS) is 11.0. The van der Waals surface area contributed by atoms with Crippen molar-refractivity contribution in [1.29, 1.82) is 0 Å². The van der Waals surface area contributed by atoms with E-state index in [1.54, 1.807) is 50.2 Å². The maximum absolute atomic E-state index is 12.1. The minimum Gasteiger partial charge on any atom is -0.326 e. The van der Waals surface area contributed by atoms with Crippen LogP contribution in [0.1, 0.15) is 36.2 Å². The standard InChI is InChI=1S/C18H18ClN3O2/c1-3-17(23)20-16-10-6-14(7-11-16)18(24)22-21-12(2)13-4-8-15(19)9-5-13/h4-11H,3H2,1-2H3,(H,20,23)(H,22,24)/b21-12-. The predicted molar refractivity (Wildman–Crippen MR) is 96.5 cm³/mol. The summed E-state index contributed by atoms with van der Waals surface area (Å²) in [5.41, 5.74) is 5.17. The molecule has 2 N–H and O–H groups in total.